The Morgan fingerprint density at radius 2 is 2.35 bits per heavy atom. The first kappa shape index (κ1) is 16.3. The quantitative estimate of drug-likeness (QED) is 0.446. The van der Waals surface area contributed by atoms with Gasteiger partial charge in [-0.15, -0.1) is 0 Å². The molecule has 2 atom stereocenters. The third kappa shape index (κ3) is 3.54. The third-order valence-corrected chi connectivity index (χ3v) is 4.91. The molecule has 2 aromatic heterocycles. The number of aromatic nitrogens is 4. The summed E-state index contributed by atoms with van der Waals surface area (Å²) in [5, 5.41) is 0. The molecule has 3 heterocycles. The van der Waals surface area contributed by atoms with Gasteiger partial charge in [0.25, 0.3) is 0 Å². The molecule has 12 heteroatoms. The van der Waals surface area contributed by atoms with E-state index in [0.717, 1.165) is 0 Å². The van der Waals surface area contributed by atoms with Crippen molar-refractivity contribution in [1.82, 2.24) is 19.5 Å². The predicted octanol–water partition coefficient (Wildman–Crippen LogP) is -0.922. The Morgan fingerprint density at radius 1 is 1.57 bits per heavy atom. The Balaban J connectivity index is 1.95. The van der Waals surface area contributed by atoms with Gasteiger partial charge in [-0.2, -0.15) is 0 Å². The van der Waals surface area contributed by atoms with E-state index in [4.69, 9.17) is 19.5 Å². The number of hydrogen-bond donors (Lipinski definition) is 3. The number of nitrogens with one attached hydrogen (secondary N) is 1. The van der Waals surface area contributed by atoms with Gasteiger partial charge in [0.2, 0.25) is 0 Å². The van der Waals surface area contributed by atoms with Gasteiger partial charge in [0.1, 0.15) is 0 Å². The van der Waals surface area contributed by atoms with E-state index >= 15 is 0 Å². The molecule has 0 bridgehead atoms. The van der Waals surface area contributed by atoms with Gasteiger partial charge in [0.05, 0.1) is 0 Å². The summed E-state index contributed by atoms with van der Waals surface area (Å²) in [6.45, 7) is 2.28. The van der Waals surface area contributed by atoms with Crippen LogP contribution < -0.4 is 11.3 Å². The molecular weight excluding hydrogens is 324 g/mol. The van der Waals surface area contributed by atoms with Gasteiger partial charge >= 0.3 is 132 Å². The van der Waals surface area contributed by atoms with Crippen LogP contribution in [-0.4, -0.2) is 51.3 Å². The average Bonchev–Trinajstić information content (AvgIpc) is 2.89. The number of nitrogens with two attached hydrogens (primary N) is 1. The van der Waals surface area contributed by atoms with Crippen molar-refractivity contribution < 1.29 is 18.7 Å². The molecule has 0 aromatic carbocycles. The van der Waals surface area contributed by atoms with Crippen molar-refractivity contribution >= 4 is 32.5 Å². The number of rotatable bonds is 1. The molecule has 1 saturated heterocycles. The van der Waals surface area contributed by atoms with E-state index in [0.29, 0.717) is 12.1 Å². The molecule has 10 nitrogen and oxygen atoms in total. The second-order valence-electron chi connectivity index (χ2n) is 5.52. The van der Waals surface area contributed by atoms with Crippen LogP contribution in [0.4, 0.5) is 5.95 Å². The second-order valence-corrected chi connectivity index (χ2v) is 7.90. The summed E-state index contributed by atoms with van der Waals surface area (Å²) in [4.78, 5) is 32.5. The first-order valence-corrected chi connectivity index (χ1v) is 9.50. The van der Waals surface area contributed by atoms with Crippen molar-refractivity contribution in [3.8, 4) is 0 Å². The van der Waals surface area contributed by atoms with Crippen LogP contribution in [-0.2, 0) is 13.8 Å². The molecule has 0 saturated carbocycles. The van der Waals surface area contributed by atoms with E-state index in [2.05, 4.69) is 15.0 Å². The van der Waals surface area contributed by atoms with Crippen LogP contribution in [0.5, 0.6) is 0 Å². The standard InChI is InChI=1S/C11H19BN5O5P/c1-6-4-21-23(12,19)20-3-2-7(22-6)17-5-14-8-9(17)15-11(13)16-10(8)18/h5-7,19,23H,2-4,12H2,1H3,(H3,13,15,16,18)/t6-,7+/m0/s1. The van der Waals surface area contributed by atoms with Crippen molar-refractivity contribution in [2.45, 2.75) is 25.7 Å². The molecular formula is C11H19BN5O5P. The summed E-state index contributed by atoms with van der Waals surface area (Å²) in [5.74, 6) is 0.00953. The van der Waals surface area contributed by atoms with E-state index in [9.17, 15) is 9.69 Å². The van der Waals surface area contributed by atoms with E-state index in [1.807, 2.05) is 6.92 Å². The van der Waals surface area contributed by atoms with E-state index in [1.165, 1.54) is 6.33 Å². The number of ether oxygens (including phenoxy) is 1. The van der Waals surface area contributed by atoms with Crippen molar-refractivity contribution in [2.24, 2.45) is 0 Å². The van der Waals surface area contributed by atoms with Gasteiger partial charge in [0, 0.05) is 0 Å². The van der Waals surface area contributed by atoms with Gasteiger partial charge in [0.15, 0.2) is 0 Å². The predicted molar refractivity (Wildman–Crippen MR) is 87.7 cm³/mol. The molecule has 0 unspecified atom stereocenters. The Bertz CT molecular complexity index is 765. The van der Waals surface area contributed by atoms with Crippen molar-refractivity contribution in [3.63, 3.8) is 0 Å². The zero-order chi connectivity index (χ0) is 16.6. The summed E-state index contributed by atoms with van der Waals surface area (Å²) in [6.07, 6.45) is 1.18. The van der Waals surface area contributed by atoms with Crippen LogP contribution >= 0.6 is 7.82 Å². The molecule has 23 heavy (non-hydrogen) atoms. The summed E-state index contributed by atoms with van der Waals surface area (Å²) in [6, 6.07) is 0. The molecule has 1 fully saturated rings. The van der Waals surface area contributed by atoms with Crippen LogP contribution in [0.3, 0.4) is 0 Å². The first-order chi connectivity index (χ1) is 10.9. The number of nitrogens with zero attached hydrogens (tertiary/aromatic N) is 3. The van der Waals surface area contributed by atoms with Crippen molar-refractivity contribution in [2.75, 3.05) is 18.9 Å². The molecule has 0 spiro atoms. The van der Waals surface area contributed by atoms with Crippen LogP contribution in [0.15, 0.2) is 11.1 Å². The minimum absolute atomic E-state index is 0.00953. The van der Waals surface area contributed by atoms with Crippen molar-refractivity contribution in [3.05, 3.63) is 16.7 Å². The van der Waals surface area contributed by atoms with Gasteiger partial charge in [-0.1, -0.05) is 0 Å². The summed E-state index contributed by atoms with van der Waals surface area (Å²) in [5.41, 5.74) is 5.73. The maximum atomic E-state index is 11.9. The van der Waals surface area contributed by atoms with Crippen LogP contribution in [0.25, 0.3) is 11.2 Å². The minimum atomic E-state index is -3.13. The zero-order valence-corrected chi connectivity index (χ0v) is 13.9. The van der Waals surface area contributed by atoms with Crippen molar-refractivity contribution in [1.29, 1.82) is 0 Å². The maximum absolute atomic E-state index is 11.9. The molecule has 126 valence electrons. The number of imidazole rings is 1. The monoisotopic (exact) mass is 343 g/mol. The van der Waals surface area contributed by atoms with Crippen LogP contribution in [0, 0.1) is 0 Å². The Morgan fingerprint density at radius 3 is 3.13 bits per heavy atom. The molecule has 1 aliphatic rings. The van der Waals surface area contributed by atoms with Gasteiger partial charge in [-0.3, -0.25) is 0 Å². The third-order valence-electron chi connectivity index (χ3n) is 3.47. The van der Waals surface area contributed by atoms with Gasteiger partial charge < -0.3 is 0 Å². The van der Waals surface area contributed by atoms with E-state index in [-0.39, 0.29) is 30.8 Å². The number of hydrogen-bond acceptors (Lipinski definition) is 8. The fourth-order valence-corrected chi connectivity index (χ4v) is 3.52. The fraction of sp³-hybridized carbons (Fsp3) is 0.545. The second kappa shape index (κ2) is 6.18. The van der Waals surface area contributed by atoms with Gasteiger partial charge in [-0.05, 0) is 0 Å². The Kier molecular flexibility index (Phi) is 4.39. The molecule has 0 aliphatic carbocycles. The Labute approximate surface area is 132 Å². The summed E-state index contributed by atoms with van der Waals surface area (Å²) in [7, 11) is -1.56. The molecule has 4 N–H and O–H groups in total. The molecule has 0 amide bonds. The average molecular weight is 343 g/mol. The molecule has 3 rings (SSSR count). The zero-order valence-electron chi connectivity index (χ0n) is 12.9. The number of H-pyrrole nitrogens is 1. The van der Waals surface area contributed by atoms with Crippen LogP contribution in [0.2, 0.25) is 0 Å². The molecule has 0 radical (unpaired) electrons. The normalized spacial score (nSPS) is 27.0. The molecule has 2 aromatic rings. The number of fused-ring (bicyclic) bond motifs is 1. The molecule has 1 aliphatic heterocycles. The summed E-state index contributed by atoms with van der Waals surface area (Å²) >= 11 is 0. The summed E-state index contributed by atoms with van der Waals surface area (Å²) < 4.78 is 18.4. The Hall–Kier alpha value is -1.52. The number of aromatic amines is 1. The fourth-order valence-electron chi connectivity index (χ4n) is 2.40. The van der Waals surface area contributed by atoms with Crippen LogP contribution in [0.1, 0.15) is 19.6 Å². The van der Waals surface area contributed by atoms with E-state index in [1.54, 1.807) is 12.1 Å². The number of nitrogen functional groups attached to an aromatic ring is 1. The van der Waals surface area contributed by atoms with Gasteiger partial charge in [-0.25, -0.2) is 0 Å². The van der Waals surface area contributed by atoms with E-state index < -0.39 is 19.6 Å². The number of anilines is 1. The topological polar surface area (TPSA) is 138 Å². The first-order valence-electron chi connectivity index (χ1n) is 7.24. The SMILES string of the molecule is B[PH]1(O)OCC[C@H](n2cnc3c(=O)[nH]c(N)nc32)O[C@@H](C)CO1.